The van der Waals surface area contributed by atoms with E-state index >= 15 is 0 Å². The summed E-state index contributed by atoms with van der Waals surface area (Å²) in [7, 11) is -1.37. The molecule has 7 nitrogen and oxygen atoms in total. The predicted octanol–water partition coefficient (Wildman–Crippen LogP) is 1.59. The van der Waals surface area contributed by atoms with Gasteiger partial charge in [0.2, 0.25) is 0 Å². The molecule has 0 aromatic heterocycles. The minimum absolute atomic E-state index is 0. The number of guanidine groups is 1. The van der Waals surface area contributed by atoms with Gasteiger partial charge in [0.05, 0.1) is 5.75 Å². The highest BCUT2D eigenvalue weighted by Crippen LogP contribution is 2.46. The van der Waals surface area contributed by atoms with E-state index in [1.807, 2.05) is 25.1 Å². The number of halogens is 1. The minimum Gasteiger partial charge on any atom is -0.357 e. The van der Waals surface area contributed by atoms with E-state index in [0.29, 0.717) is 24.6 Å². The topological polar surface area (TPSA) is 99.7 Å². The molecular formula is C19H31IN4O3S. The summed E-state index contributed by atoms with van der Waals surface area (Å²) < 4.78 is 23.2. The molecule has 0 atom stereocenters. The Morgan fingerprint density at radius 1 is 1.25 bits per heavy atom. The first-order chi connectivity index (χ1) is 12.8. The number of nitrogens with zero attached hydrogens (tertiary/aromatic N) is 1. The smallest absolute Gasteiger partial charge is 0.251 e. The van der Waals surface area contributed by atoms with Crippen LogP contribution in [0.5, 0.6) is 0 Å². The quantitative estimate of drug-likeness (QED) is 0.260. The zero-order valence-electron chi connectivity index (χ0n) is 16.7. The average molecular weight is 522 g/mol. The first-order valence-electron chi connectivity index (χ1n) is 9.28. The highest BCUT2D eigenvalue weighted by Gasteiger charge is 2.45. The third-order valence-electron chi connectivity index (χ3n) is 4.56. The summed E-state index contributed by atoms with van der Waals surface area (Å²) in [4.78, 5) is 16.3. The number of hydrogen-bond acceptors (Lipinski definition) is 4. The van der Waals surface area contributed by atoms with E-state index in [2.05, 4.69) is 20.9 Å². The minimum atomic E-state index is -2.99. The van der Waals surface area contributed by atoms with Gasteiger partial charge >= 0.3 is 0 Å². The summed E-state index contributed by atoms with van der Waals surface area (Å²) >= 11 is 0. The number of nitrogens with one attached hydrogen (secondary N) is 3. The number of rotatable bonds is 9. The van der Waals surface area contributed by atoms with Crippen LogP contribution in [0.4, 0.5) is 0 Å². The first kappa shape index (κ1) is 24.7. The molecule has 1 aromatic carbocycles. The van der Waals surface area contributed by atoms with Crippen LogP contribution < -0.4 is 16.0 Å². The summed E-state index contributed by atoms with van der Waals surface area (Å²) in [5.41, 5.74) is 1.53. The van der Waals surface area contributed by atoms with Crippen molar-refractivity contribution in [3.05, 3.63) is 35.4 Å². The average Bonchev–Trinajstić information content (AvgIpc) is 3.37. The third kappa shape index (κ3) is 8.34. The van der Waals surface area contributed by atoms with Crippen molar-refractivity contribution < 1.29 is 13.2 Å². The molecule has 0 spiro atoms. The summed E-state index contributed by atoms with van der Waals surface area (Å²) in [5, 5.41) is 9.11. The van der Waals surface area contributed by atoms with Gasteiger partial charge in [-0.2, -0.15) is 0 Å². The van der Waals surface area contributed by atoms with Gasteiger partial charge in [-0.25, -0.2) is 8.42 Å². The standard InChI is InChI=1S/C19H30N4O3S.HI/c1-4-21-18(23-13-19(9-10-19)14-27(3,25)26)22-11-8-15-6-5-7-16(12-15)17(24)20-2;/h5-7,12H,4,8-11,13-14H2,1-3H3,(H,20,24)(H2,21,22,23);1H. The van der Waals surface area contributed by atoms with Crippen LogP contribution in [0.2, 0.25) is 0 Å². The molecule has 1 aromatic rings. The van der Waals surface area contributed by atoms with Gasteiger partial charge in [0, 0.05) is 43.9 Å². The lowest BCUT2D eigenvalue weighted by Gasteiger charge is -2.15. The van der Waals surface area contributed by atoms with Crippen LogP contribution in [0, 0.1) is 5.41 Å². The van der Waals surface area contributed by atoms with E-state index in [0.717, 1.165) is 31.4 Å². The van der Waals surface area contributed by atoms with E-state index in [1.165, 1.54) is 6.26 Å². The second-order valence-corrected chi connectivity index (χ2v) is 9.36. The van der Waals surface area contributed by atoms with Crippen molar-refractivity contribution in [1.82, 2.24) is 16.0 Å². The van der Waals surface area contributed by atoms with Crippen molar-refractivity contribution in [1.29, 1.82) is 0 Å². The number of amides is 1. The Labute approximate surface area is 185 Å². The fourth-order valence-corrected chi connectivity index (χ4v) is 4.50. The number of sulfone groups is 1. The molecule has 28 heavy (non-hydrogen) atoms. The number of hydrogen-bond donors (Lipinski definition) is 3. The maximum atomic E-state index is 11.7. The fraction of sp³-hybridized carbons (Fsp3) is 0.579. The van der Waals surface area contributed by atoms with Crippen LogP contribution in [-0.4, -0.2) is 59.0 Å². The molecule has 0 bridgehead atoms. The molecule has 0 unspecified atom stereocenters. The van der Waals surface area contributed by atoms with Gasteiger partial charge in [-0.05, 0) is 43.9 Å². The van der Waals surface area contributed by atoms with Crippen molar-refractivity contribution in [2.45, 2.75) is 26.2 Å². The van der Waals surface area contributed by atoms with E-state index in [9.17, 15) is 13.2 Å². The summed E-state index contributed by atoms with van der Waals surface area (Å²) in [6.45, 7) is 3.91. The van der Waals surface area contributed by atoms with Gasteiger partial charge in [-0.15, -0.1) is 24.0 Å². The lowest BCUT2D eigenvalue weighted by molar-refractivity contribution is 0.0963. The summed E-state index contributed by atoms with van der Waals surface area (Å²) in [6, 6.07) is 7.54. The summed E-state index contributed by atoms with van der Waals surface area (Å²) in [5.74, 6) is 0.801. The number of aliphatic imine (C=N–C) groups is 1. The van der Waals surface area contributed by atoms with Crippen molar-refractivity contribution in [3.8, 4) is 0 Å². The molecule has 1 aliphatic carbocycles. The number of carbonyl (C=O) groups excluding carboxylic acids is 1. The maximum absolute atomic E-state index is 11.7. The molecule has 1 saturated carbocycles. The first-order valence-corrected chi connectivity index (χ1v) is 11.3. The molecule has 0 radical (unpaired) electrons. The molecule has 1 aliphatic rings. The van der Waals surface area contributed by atoms with Gasteiger partial charge in [-0.1, -0.05) is 12.1 Å². The van der Waals surface area contributed by atoms with E-state index in [1.54, 1.807) is 13.1 Å². The SMILES string of the molecule is CCNC(=NCC1(CS(C)(=O)=O)CC1)NCCc1cccc(C(=O)NC)c1.I. The predicted molar refractivity (Wildman–Crippen MR) is 124 cm³/mol. The molecule has 1 amide bonds. The van der Waals surface area contributed by atoms with Gasteiger partial charge in [0.15, 0.2) is 5.96 Å². The molecule has 0 saturated heterocycles. The fourth-order valence-electron chi connectivity index (χ4n) is 3.01. The van der Waals surface area contributed by atoms with Crippen molar-refractivity contribution >= 4 is 45.7 Å². The Morgan fingerprint density at radius 3 is 2.54 bits per heavy atom. The maximum Gasteiger partial charge on any atom is 0.251 e. The molecular weight excluding hydrogens is 491 g/mol. The molecule has 158 valence electrons. The second kappa shape index (κ2) is 11.0. The Hall–Kier alpha value is -1.36. The zero-order valence-corrected chi connectivity index (χ0v) is 19.9. The van der Waals surface area contributed by atoms with Crippen LogP contribution in [0.15, 0.2) is 29.3 Å². The van der Waals surface area contributed by atoms with Crippen LogP contribution in [0.1, 0.15) is 35.7 Å². The summed E-state index contributed by atoms with van der Waals surface area (Å²) in [6.07, 6.45) is 3.86. The van der Waals surface area contributed by atoms with E-state index in [-0.39, 0.29) is 41.1 Å². The molecule has 1 fully saturated rings. The van der Waals surface area contributed by atoms with E-state index < -0.39 is 9.84 Å². The van der Waals surface area contributed by atoms with Crippen LogP contribution in [0.25, 0.3) is 0 Å². The van der Waals surface area contributed by atoms with Crippen LogP contribution in [0.3, 0.4) is 0 Å². The van der Waals surface area contributed by atoms with Gasteiger partial charge in [0.25, 0.3) is 5.91 Å². The largest absolute Gasteiger partial charge is 0.357 e. The van der Waals surface area contributed by atoms with Gasteiger partial charge in [0.1, 0.15) is 9.84 Å². The Bertz CT molecular complexity index is 792. The lowest BCUT2D eigenvalue weighted by Crippen LogP contribution is -2.39. The van der Waals surface area contributed by atoms with Gasteiger partial charge in [-0.3, -0.25) is 9.79 Å². The van der Waals surface area contributed by atoms with Crippen molar-refractivity contribution in [2.75, 3.05) is 38.7 Å². The number of benzene rings is 1. The third-order valence-corrected chi connectivity index (χ3v) is 5.70. The monoisotopic (exact) mass is 522 g/mol. The zero-order chi connectivity index (χ0) is 19.9. The Morgan fingerprint density at radius 2 is 1.96 bits per heavy atom. The van der Waals surface area contributed by atoms with Gasteiger partial charge < -0.3 is 16.0 Å². The molecule has 3 N–H and O–H groups in total. The highest BCUT2D eigenvalue weighted by molar-refractivity contribution is 14.0. The molecule has 2 rings (SSSR count). The molecule has 0 heterocycles. The van der Waals surface area contributed by atoms with Crippen molar-refractivity contribution in [2.24, 2.45) is 10.4 Å². The highest BCUT2D eigenvalue weighted by atomic mass is 127. The van der Waals surface area contributed by atoms with Crippen LogP contribution in [-0.2, 0) is 16.3 Å². The molecule has 0 aliphatic heterocycles. The normalized spacial score (nSPS) is 15.3. The van der Waals surface area contributed by atoms with Crippen LogP contribution >= 0.6 is 24.0 Å². The molecule has 9 heteroatoms. The second-order valence-electron chi connectivity index (χ2n) is 7.22. The Kier molecular flexibility index (Phi) is 9.68. The van der Waals surface area contributed by atoms with E-state index in [4.69, 9.17) is 0 Å². The van der Waals surface area contributed by atoms with Crippen molar-refractivity contribution in [3.63, 3.8) is 0 Å². The number of carbonyl (C=O) groups is 1. The Balaban J connectivity index is 0.00000392. The lowest BCUT2D eigenvalue weighted by atomic mass is 10.1.